The minimum Gasteiger partial charge on any atom is -0.103 e. The molecule has 0 spiro atoms. The second-order valence-electron chi connectivity index (χ2n) is 2.51. The van der Waals surface area contributed by atoms with Gasteiger partial charge in [0.1, 0.15) is 0 Å². The Balaban J connectivity index is 2.96. The topological polar surface area (TPSA) is 0 Å². The van der Waals surface area contributed by atoms with Crippen LogP contribution < -0.4 is 0 Å². The van der Waals surface area contributed by atoms with Crippen molar-refractivity contribution in [1.29, 1.82) is 0 Å². The highest BCUT2D eigenvalue weighted by molar-refractivity contribution is 5.01. The van der Waals surface area contributed by atoms with Crippen molar-refractivity contribution in [3.8, 4) is 0 Å². The van der Waals surface area contributed by atoms with Crippen molar-refractivity contribution in [1.82, 2.24) is 0 Å². The van der Waals surface area contributed by atoms with Crippen molar-refractivity contribution < 1.29 is 0 Å². The van der Waals surface area contributed by atoms with Gasteiger partial charge >= 0.3 is 0 Å². The van der Waals surface area contributed by atoms with E-state index in [2.05, 4.69) is 20.4 Å². The van der Waals surface area contributed by atoms with E-state index in [0.717, 1.165) is 0 Å². The highest BCUT2D eigenvalue weighted by Crippen LogP contribution is 2.10. The molecule has 0 saturated heterocycles. The fourth-order valence-corrected chi connectivity index (χ4v) is 0.756. The average Bonchev–Trinajstić information content (AvgIpc) is 1.89. The molecule has 0 rings (SSSR count). The first-order valence-corrected chi connectivity index (χ1v) is 3.76. The maximum absolute atomic E-state index is 3.70. The molecule has 0 aromatic rings. The van der Waals surface area contributed by atoms with Gasteiger partial charge in [0.05, 0.1) is 0 Å². The molecule has 0 bridgehead atoms. The fourth-order valence-electron chi connectivity index (χ4n) is 0.756. The molecular formula is C9H17. The van der Waals surface area contributed by atoms with Crippen LogP contribution >= 0.6 is 0 Å². The van der Waals surface area contributed by atoms with E-state index >= 15 is 0 Å². The van der Waals surface area contributed by atoms with Gasteiger partial charge in [0.15, 0.2) is 0 Å². The first-order chi connectivity index (χ1) is 4.31. The van der Waals surface area contributed by atoms with Gasteiger partial charge in [-0.25, -0.2) is 0 Å². The predicted octanol–water partition coefficient (Wildman–Crippen LogP) is 3.35. The molecule has 0 saturated carbocycles. The normalized spacial score (nSPS) is 10.1. The van der Waals surface area contributed by atoms with Gasteiger partial charge in [-0.15, -0.1) is 6.58 Å². The lowest BCUT2D eigenvalue weighted by Crippen LogP contribution is -1.84. The summed E-state index contributed by atoms with van der Waals surface area (Å²) in [5.41, 5.74) is 0. The minimum atomic E-state index is 1.23. The quantitative estimate of drug-likeness (QED) is 0.494. The van der Waals surface area contributed by atoms with E-state index in [1.165, 1.54) is 31.6 Å². The van der Waals surface area contributed by atoms with Crippen LogP contribution in [0.5, 0.6) is 0 Å². The van der Waals surface area contributed by atoms with Crippen LogP contribution in [0.4, 0.5) is 0 Å². The smallest absolute Gasteiger partial charge is 0.00610 e. The van der Waals surface area contributed by atoms with Crippen LogP contribution in [0.3, 0.4) is 0 Å². The lowest BCUT2D eigenvalue weighted by Gasteiger charge is -2.01. The van der Waals surface area contributed by atoms with Crippen molar-refractivity contribution in [2.75, 3.05) is 0 Å². The van der Waals surface area contributed by atoms with E-state index < -0.39 is 0 Å². The van der Waals surface area contributed by atoms with Gasteiger partial charge in [0.25, 0.3) is 0 Å². The molecule has 0 amide bonds. The van der Waals surface area contributed by atoms with Gasteiger partial charge in [-0.3, -0.25) is 0 Å². The Morgan fingerprint density at radius 1 is 1.44 bits per heavy atom. The Morgan fingerprint density at radius 2 is 2.11 bits per heavy atom. The summed E-state index contributed by atoms with van der Waals surface area (Å²) in [7, 11) is 0. The van der Waals surface area contributed by atoms with Gasteiger partial charge in [-0.1, -0.05) is 39.2 Å². The van der Waals surface area contributed by atoms with Crippen molar-refractivity contribution in [2.45, 2.75) is 39.5 Å². The second-order valence-corrected chi connectivity index (χ2v) is 2.51. The van der Waals surface area contributed by atoms with Crippen LogP contribution in [0, 0.1) is 5.92 Å². The molecule has 0 heterocycles. The van der Waals surface area contributed by atoms with Crippen molar-refractivity contribution in [3.63, 3.8) is 0 Å². The van der Waals surface area contributed by atoms with Gasteiger partial charge in [-0.2, -0.15) is 0 Å². The zero-order chi connectivity index (χ0) is 7.11. The predicted molar refractivity (Wildman–Crippen MR) is 43.3 cm³/mol. The monoisotopic (exact) mass is 125 g/mol. The Labute approximate surface area is 59.0 Å². The number of hydrogen-bond donors (Lipinski definition) is 0. The molecule has 0 aromatic heterocycles. The van der Waals surface area contributed by atoms with Crippen molar-refractivity contribution >= 4 is 0 Å². The summed E-state index contributed by atoms with van der Waals surface area (Å²) >= 11 is 0. The molecule has 0 atom stereocenters. The van der Waals surface area contributed by atoms with Crippen LogP contribution in [0.25, 0.3) is 0 Å². The lowest BCUT2D eigenvalue weighted by atomic mass is 10.0. The third-order valence-corrected chi connectivity index (χ3v) is 1.52. The fraction of sp³-hybridized carbons (Fsp3) is 0.667. The molecule has 0 aliphatic rings. The molecule has 0 N–H and O–H groups in total. The maximum Gasteiger partial charge on any atom is -0.00610 e. The standard InChI is InChI=1S/C9H17/c1-4-6-7-8-9(3)5-2/h5H,2,4,6-8H2,1,3H3. The Hall–Kier alpha value is -0.260. The molecule has 0 heteroatoms. The summed E-state index contributed by atoms with van der Waals surface area (Å²) in [4.78, 5) is 0. The molecular weight excluding hydrogens is 108 g/mol. The number of hydrogen-bond acceptors (Lipinski definition) is 0. The molecule has 0 aliphatic heterocycles. The summed E-state index contributed by atoms with van der Waals surface area (Å²) in [5, 5.41) is 0. The molecule has 1 radical (unpaired) electrons. The van der Waals surface area contributed by atoms with Gasteiger partial charge in [-0.05, 0) is 12.3 Å². The van der Waals surface area contributed by atoms with Gasteiger partial charge in [0, 0.05) is 0 Å². The van der Waals surface area contributed by atoms with Crippen molar-refractivity contribution in [3.05, 3.63) is 18.6 Å². The largest absolute Gasteiger partial charge is 0.103 e. The maximum atomic E-state index is 3.70. The lowest BCUT2D eigenvalue weighted by molar-refractivity contribution is 0.690. The SMILES string of the molecule is C=C[C](C)CCCCC. The van der Waals surface area contributed by atoms with Crippen LogP contribution in [-0.2, 0) is 0 Å². The molecule has 0 fully saturated rings. The average molecular weight is 125 g/mol. The third kappa shape index (κ3) is 5.61. The molecule has 9 heavy (non-hydrogen) atoms. The Kier molecular flexibility index (Phi) is 5.70. The van der Waals surface area contributed by atoms with Crippen LogP contribution in [-0.4, -0.2) is 0 Å². The van der Waals surface area contributed by atoms with E-state index in [0.29, 0.717) is 0 Å². The Bertz CT molecular complexity index is 64.4. The number of rotatable bonds is 5. The molecule has 0 aromatic carbocycles. The summed E-state index contributed by atoms with van der Waals surface area (Å²) in [6, 6.07) is 0. The summed E-state index contributed by atoms with van der Waals surface area (Å²) in [6.45, 7) is 8.07. The van der Waals surface area contributed by atoms with Gasteiger partial charge < -0.3 is 0 Å². The minimum absolute atomic E-state index is 1.23. The first kappa shape index (κ1) is 8.74. The summed E-state index contributed by atoms with van der Waals surface area (Å²) in [6.07, 6.45) is 7.18. The molecule has 0 aliphatic carbocycles. The highest BCUT2D eigenvalue weighted by Gasteiger charge is 1.93. The van der Waals surface area contributed by atoms with E-state index in [-0.39, 0.29) is 0 Å². The van der Waals surface area contributed by atoms with Crippen LogP contribution in [0.1, 0.15) is 39.5 Å². The summed E-state index contributed by atoms with van der Waals surface area (Å²) < 4.78 is 0. The molecule has 53 valence electrons. The van der Waals surface area contributed by atoms with Crippen LogP contribution in [0.2, 0.25) is 0 Å². The van der Waals surface area contributed by atoms with E-state index in [1.807, 2.05) is 6.08 Å². The molecule has 0 nitrogen and oxygen atoms in total. The van der Waals surface area contributed by atoms with E-state index in [1.54, 1.807) is 0 Å². The Morgan fingerprint density at radius 3 is 2.56 bits per heavy atom. The highest BCUT2D eigenvalue weighted by atomic mass is 14.0. The van der Waals surface area contributed by atoms with Gasteiger partial charge in [0.2, 0.25) is 0 Å². The summed E-state index contributed by atoms with van der Waals surface area (Å²) in [5.74, 6) is 1.42. The van der Waals surface area contributed by atoms with Crippen molar-refractivity contribution in [2.24, 2.45) is 0 Å². The zero-order valence-electron chi connectivity index (χ0n) is 6.61. The first-order valence-electron chi connectivity index (χ1n) is 3.76. The second kappa shape index (κ2) is 5.87. The van der Waals surface area contributed by atoms with E-state index in [4.69, 9.17) is 0 Å². The number of allylic oxidation sites excluding steroid dienone is 1. The van der Waals surface area contributed by atoms with E-state index in [9.17, 15) is 0 Å². The number of unbranched alkanes of at least 4 members (excludes halogenated alkanes) is 2. The molecule has 0 unspecified atom stereocenters. The van der Waals surface area contributed by atoms with Crippen LogP contribution in [0.15, 0.2) is 12.7 Å². The third-order valence-electron chi connectivity index (χ3n) is 1.52. The zero-order valence-corrected chi connectivity index (χ0v) is 6.61.